The molecule has 0 fully saturated rings. The molecular formula is C21H17NS. The smallest absolute Gasteiger partial charge is 0.0769 e. The first kappa shape index (κ1) is 14.3. The van der Waals surface area contributed by atoms with Gasteiger partial charge in [0, 0.05) is 22.3 Å². The molecule has 0 N–H and O–H groups in total. The summed E-state index contributed by atoms with van der Waals surface area (Å²) in [5.41, 5.74) is 4.82. The summed E-state index contributed by atoms with van der Waals surface area (Å²) in [5.74, 6) is 0. The van der Waals surface area contributed by atoms with Crippen molar-refractivity contribution >= 4 is 23.2 Å². The van der Waals surface area contributed by atoms with Crippen LogP contribution in [0, 0.1) is 0 Å². The summed E-state index contributed by atoms with van der Waals surface area (Å²) < 4.78 is 0. The maximum atomic E-state index is 4.98. The van der Waals surface area contributed by atoms with E-state index in [0.717, 1.165) is 17.8 Å². The predicted octanol–water partition coefficient (Wildman–Crippen LogP) is 6.04. The molecule has 0 saturated carbocycles. The van der Waals surface area contributed by atoms with Crippen molar-refractivity contribution in [3.8, 4) is 0 Å². The molecule has 1 aliphatic heterocycles. The van der Waals surface area contributed by atoms with Crippen LogP contribution in [0.15, 0.2) is 94.8 Å². The number of hydrogen-bond donors (Lipinski definition) is 0. The third-order valence-corrected chi connectivity index (χ3v) is 5.37. The number of fused-ring (bicyclic) bond motifs is 1. The molecule has 0 radical (unpaired) electrons. The Balaban J connectivity index is 1.81. The molecule has 4 rings (SSSR count). The van der Waals surface area contributed by atoms with Crippen LogP contribution >= 0.6 is 11.8 Å². The molecule has 112 valence electrons. The molecule has 1 nitrogen and oxygen atoms in total. The summed E-state index contributed by atoms with van der Waals surface area (Å²) >= 11 is 1.91. The van der Waals surface area contributed by atoms with Crippen LogP contribution < -0.4 is 0 Å². The number of rotatable bonds is 2. The van der Waals surface area contributed by atoms with Gasteiger partial charge in [0.1, 0.15) is 0 Å². The molecule has 0 saturated heterocycles. The number of thioether (sulfide) groups is 1. The van der Waals surface area contributed by atoms with Crippen LogP contribution in [0.1, 0.15) is 22.8 Å². The minimum atomic E-state index is 0.388. The highest BCUT2D eigenvalue weighted by Gasteiger charge is 2.22. The summed E-state index contributed by atoms with van der Waals surface area (Å²) in [6, 6.07) is 29.7. The third kappa shape index (κ3) is 3.08. The summed E-state index contributed by atoms with van der Waals surface area (Å²) in [7, 11) is 0. The van der Waals surface area contributed by atoms with Gasteiger partial charge in [-0.2, -0.15) is 0 Å². The van der Waals surface area contributed by atoms with E-state index >= 15 is 0 Å². The zero-order chi connectivity index (χ0) is 15.5. The van der Waals surface area contributed by atoms with Gasteiger partial charge in [0.2, 0.25) is 0 Å². The summed E-state index contributed by atoms with van der Waals surface area (Å²) in [6.07, 6.45) is 0.938. The molecular weight excluding hydrogens is 298 g/mol. The SMILES string of the molecule is c1ccc(C2=Nc3ccccc3S[C@H](c3ccccc3)C2)cc1. The van der Waals surface area contributed by atoms with Crippen LogP contribution in [0.2, 0.25) is 0 Å². The molecule has 3 aromatic carbocycles. The van der Waals surface area contributed by atoms with Gasteiger partial charge in [-0.15, -0.1) is 11.8 Å². The topological polar surface area (TPSA) is 12.4 Å². The van der Waals surface area contributed by atoms with Gasteiger partial charge in [0.15, 0.2) is 0 Å². The van der Waals surface area contributed by atoms with Crippen molar-refractivity contribution in [3.63, 3.8) is 0 Å². The van der Waals surface area contributed by atoms with Crippen LogP contribution in [0.5, 0.6) is 0 Å². The molecule has 0 amide bonds. The first-order valence-electron chi connectivity index (χ1n) is 7.84. The predicted molar refractivity (Wildman–Crippen MR) is 98.7 cm³/mol. The molecule has 0 spiro atoms. The number of hydrogen-bond acceptors (Lipinski definition) is 2. The lowest BCUT2D eigenvalue weighted by Gasteiger charge is -2.16. The van der Waals surface area contributed by atoms with E-state index < -0.39 is 0 Å². The van der Waals surface area contributed by atoms with Gasteiger partial charge in [-0.1, -0.05) is 72.8 Å². The molecule has 1 atom stereocenters. The minimum Gasteiger partial charge on any atom is -0.252 e. The molecule has 2 heteroatoms. The Morgan fingerprint density at radius 2 is 1.39 bits per heavy atom. The first-order valence-corrected chi connectivity index (χ1v) is 8.72. The normalized spacial score (nSPS) is 17.0. The Bertz CT molecular complexity index is 825. The van der Waals surface area contributed by atoms with Crippen molar-refractivity contribution < 1.29 is 0 Å². The fourth-order valence-corrected chi connectivity index (χ4v) is 4.11. The molecule has 0 bridgehead atoms. The first-order chi connectivity index (χ1) is 11.4. The Morgan fingerprint density at radius 3 is 2.17 bits per heavy atom. The van der Waals surface area contributed by atoms with Gasteiger partial charge < -0.3 is 0 Å². The Kier molecular flexibility index (Phi) is 3.99. The van der Waals surface area contributed by atoms with E-state index in [1.54, 1.807) is 0 Å². The number of benzene rings is 3. The summed E-state index contributed by atoms with van der Waals surface area (Å²) in [6.45, 7) is 0. The van der Waals surface area contributed by atoms with Gasteiger partial charge >= 0.3 is 0 Å². The van der Waals surface area contributed by atoms with E-state index in [0.29, 0.717) is 5.25 Å². The molecule has 23 heavy (non-hydrogen) atoms. The zero-order valence-corrected chi connectivity index (χ0v) is 13.5. The minimum absolute atomic E-state index is 0.388. The highest BCUT2D eigenvalue weighted by molar-refractivity contribution is 7.99. The molecule has 1 heterocycles. The van der Waals surface area contributed by atoms with Gasteiger partial charge in [-0.05, 0) is 23.3 Å². The van der Waals surface area contributed by atoms with Crippen LogP contribution in [-0.4, -0.2) is 5.71 Å². The molecule has 0 aromatic heterocycles. The van der Waals surface area contributed by atoms with E-state index in [2.05, 4.69) is 84.9 Å². The zero-order valence-electron chi connectivity index (χ0n) is 12.7. The second-order valence-corrected chi connectivity index (χ2v) is 6.86. The van der Waals surface area contributed by atoms with Gasteiger partial charge in [-0.3, -0.25) is 4.99 Å². The van der Waals surface area contributed by atoms with Crippen LogP contribution in [0.3, 0.4) is 0 Å². The monoisotopic (exact) mass is 315 g/mol. The van der Waals surface area contributed by atoms with Crippen molar-refractivity contribution in [1.29, 1.82) is 0 Å². The average molecular weight is 315 g/mol. The maximum absolute atomic E-state index is 4.98. The molecule has 1 aliphatic rings. The highest BCUT2D eigenvalue weighted by Crippen LogP contribution is 2.45. The number of para-hydroxylation sites is 1. The second kappa shape index (κ2) is 6.43. The van der Waals surface area contributed by atoms with Crippen molar-refractivity contribution in [1.82, 2.24) is 0 Å². The van der Waals surface area contributed by atoms with Gasteiger partial charge in [0.25, 0.3) is 0 Å². The standard InChI is InChI=1S/C21H17NS/c1-3-9-16(10-4-1)19-15-21(17-11-5-2-6-12-17)23-20-14-8-7-13-18(20)22-19/h1-14,21H,15H2/t21-/m0/s1. The van der Waals surface area contributed by atoms with E-state index in [4.69, 9.17) is 4.99 Å². The summed E-state index contributed by atoms with van der Waals surface area (Å²) in [5, 5.41) is 0.388. The fraction of sp³-hybridized carbons (Fsp3) is 0.0952. The Hall–Kier alpha value is -2.32. The van der Waals surface area contributed by atoms with E-state index in [9.17, 15) is 0 Å². The van der Waals surface area contributed by atoms with Crippen LogP contribution in [0.25, 0.3) is 0 Å². The van der Waals surface area contributed by atoms with Crippen molar-refractivity contribution in [2.45, 2.75) is 16.6 Å². The van der Waals surface area contributed by atoms with Crippen LogP contribution in [-0.2, 0) is 0 Å². The Morgan fingerprint density at radius 1 is 0.739 bits per heavy atom. The third-order valence-electron chi connectivity index (χ3n) is 4.05. The average Bonchev–Trinajstić information content (AvgIpc) is 2.83. The van der Waals surface area contributed by atoms with Gasteiger partial charge in [0.05, 0.1) is 5.69 Å². The quantitative estimate of drug-likeness (QED) is 0.561. The van der Waals surface area contributed by atoms with Crippen molar-refractivity contribution in [3.05, 3.63) is 96.1 Å². The summed E-state index contributed by atoms with van der Waals surface area (Å²) in [4.78, 5) is 6.24. The number of nitrogens with zero attached hydrogens (tertiary/aromatic N) is 1. The lowest BCUT2D eigenvalue weighted by molar-refractivity contribution is 1.01. The fourth-order valence-electron chi connectivity index (χ4n) is 2.88. The van der Waals surface area contributed by atoms with E-state index in [1.165, 1.54) is 16.0 Å². The van der Waals surface area contributed by atoms with E-state index in [-0.39, 0.29) is 0 Å². The van der Waals surface area contributed by atoms with Crippen LogP contribution in [0.4, 0.5) is 5.69 Å². The van der Waals surface area contributed by atoms with Crippen molar-refractivity contribution in [2.75, 3.05) is 0 Å². The van der Waals surface area contributed by atoms with E-state index in [1.807, 2.05) is 11.8 Å². The second-order valence-electron chi connectivity index (χ2n) is 5.61. The van der Waals surface area contributed by atoms with Gasteiger partial charge in [-0.25, -0.2) is 0 Å². The molecule has 0 unspecified atom stereocenters. The lowest BCUT2D eigenvalue weighted by atomic mass is 10.0. The highest BCUT2D eigenvalue weighted by atomic mass is 32.2. The lowest BCUT2D eigenvalue weighted by Crippen LogP contribution is -2.05. The number of aliphatic imine (C=N–C) groups is 1. The molecule has 0 aliphatic carbocycles. The maximum Gasteiger partial charge on any atom is 0.0769 e. The van der Waals surface area contributed by atoms with Crippen molar-refractivity contribution in [2.24, 2.45) is 4.99 Å². The Labute approximate surface area is 141 Å². The largest absolute Gasteiger partial charge is 0.252 e. The molecule has 3 aromatic rings.